The van der Waals surface area contributed by atoms with E-state index in [4.69, 9.17) is 9.84 Å². The molecule has 2 amide bonds. The molecular weight excluding hydrogens is 238 g/mol. The number of ether oxygens (including phenoxy) is 1. The van der Waals surface area contributed by atoms with Crippen molar-refractivity contribution in [2.24, 2.45) is 0 Å². The lowest BCUT2D eigenvalue weighted by molar-refractivity contribution is -0.117. The maximum absolute atomic E-state index is 11.7. The second kappa shape index (κ2) is 4.74. The van der Waals surface area contributed by atoms with Crippen LogP contribution in [-0.4, -0.2) is 35.2 Å². The van der Waals surface area contributed by atoms with Crippen molar-refractivity contribution in [2.45, 2.75) is 6.04 Å². The highest BCUT2D eigenvalue weighted by atomic mass is 16.5. The largest absolute Gasteiger partial charge is 0.481 e. The van der Waals surface area contributed by atoms with Crippen LogP contribution in [-0.2, 0) is 4.79 Å². The van der Waals surface area contributed by atoms with Crippen molar-refractivity contribution in [1.82, 2.24) is 10.3 Å². The molecule has 0 fully saturated rings. The zero-order chi connectivity index (χ0) is 13.1. The third kappa shape index (κ3) is 2.40. The van der Waals surface area contributed by atoms with Gasteiger partial charge in [0.25, 0.3) is 5.91 Å². The first kappa shape index (κ1) is 11.9. The van der Waals surface area contributed by atoms with Crippen LogP contribution in [0, 0.1) is 0 Å². The minimum absolute atomic E-state index is 0.338. The molecular formula is C11H11N3O4. The van der Waals surface area contributed by atoms with Crippen molar-refractivity contribution >= 4 is 23.9 Å². The molecule has 1 aliphatic rings. The fourth-order valence-corrected chi connectivity index (χ4v) is 1.53. The Morgan fingerprint density at radius 2 is 2.33 bits per heavy atom. The number of hydrogen-bond donors (Lipinski definition) is 3. The van der Waals surface area contributed by atoms with Gasteiger partial charge in [-0.3, -0.25) is 4.79 Å². The lowest BCUT2D eigenvalue weighted by atomic mass is 10.2. The quantitative estimate of drug-likeness (QED) is 0.716. The lowest BCUT2D eigenvalue weighted by Gasteiger charge is -2.11. The Bertz CT molecular complexity index is 527. The monoisotopic (exact) mass is 249 g/mol. The predicted octanol–water partition coefficient (Wildman–Crippen LogP) is 0.692. The Morgan fingerprint density at radius 1 is 1.56 bits per heavy atom. The van der Waals surface area contributed by atoms with Gasteiger partial charge in [0, 0.05) is 11.6 Å². The van der Waals surface area contributed by atoms with Gasteiger partial charge in [-0.05, 0) is 6.07 Å². The van der Waals surface area contributed by atoms with E-state index in [1.807, 2.05) is 0 Å². The van der Waals surface area contributed by atoms with Crippen molar-refractivity contribution < 1.29 is 19.4 Å². The van der Waals surface area contributed by atoms with Crippen molar-refractivity contribution in [3.63, 3.8) is 0 Å². The molecule has 0 unspecified atom stereocenters. The molecule has 0 aromatic carbocycles. The van der Waals surface area contributed by atoms with E-state index < -0.39 is 18.0 Å². The summed E-state index contributed by atoms with van der Waals surface area (Å²) in [7, 11) is 1.47. The average Bonchev–Trinajstić information content (AvgIpc) is 2.48. The van der Waals surface area contributed by atoms with Crippen LogP contribution in [0.3, 0.4) is 0 Å². The number of carbonyl (C=O) groups excluding carboxylic acids is 1. The fourth-order valence-electron chi connectivity index (χ4n) is 1.53. The van der Waals surface area contributed by atoms with E-state index in [0.717, 1.165) is 0 Å². The number of aromatic nitrogens is 1. The standard InChI is InChI=1S/C11H11N3O4/c1-18-8-5-3-6-2-4-7(12-11(16)17)10(15)14-9(6)13-8/h2-5,7,12H,1H3,(H,16,17)(H,13,14,15)/t7-/m0/s1. The maximum Gasteiger partial charge on any atom is 0.405 e. The summed E-state index contributed by atoms with van der Waals surface area (Å²) in [6.45, 7) is 0. The van der Waals surface area contributed by atoms with E-state index >= 15 is 0 Å². The smallest absolute Gasteiger partial charge is 0.405 e. The maximum atomic E-state index is 11.7. The van der Waals surface area contributed by atoms with Gasteiger partial charge in [-0.25, -0.2) is 4.79 Å². The Hall–Kier alpha value is -2.57. The first-order valence-electron chi connectivity index (χ1n) is 5.13. The Balaban J connectivity index is 2.29. The molecule has 1 atom stereocenters. The molecule has 0 bridgehead atoms. The van der Waals surface area contributed by atoms with E-state index in [1.54, 1.807) is 18.2 Å². The first-order chi connectivity index (χ1) is 8.60. The molecule has 7 heteroatoms. The number of anilines is 1. The Labute approximate surface area is 102 Å². The van der Waals surface area contributed by atoms with Crippen LogP contribution in [0.2, 0.25) is 0 Å². The zero-order valence-corrected chi connectivity index (χ0v) is 9.51. The molecule has 0 saturated carbocycles. The second-order valence-electron chi connectivity index (χ2n) is 3.57. The van der Waals surface area contributed by atoms with Gasteiger partial charge in [-0.1, -0.05) is 12.2 Å². The molecule has 1 aromatic rings. The highest BCUT2D eigenvalue weighted by molar-refractivity contribution is 6.00. The lowest BCUT2D eigenvalue weighted by Crippen LogP contribution is -2.41. The second-order valence-corrected chi connectivity index (χ2v) is 3.57. The Morgan fingerprint density at radius 3 is 3.00 bits per heavy atom. The van der Waals surface area contributed by atoms with Crippen LogP contribution in [0.1, 0.15) is 5.56 Å². The number of pyridine rings is 1. The van der Waals surface area contributed by atoms with Crippen LogP contribution in [0.5, 0.6) is 5.88 Å². The molecule has 2 rings (SSSR count). The van der Waals surface area contributed by atoms with Gasteiger partial charge in [0.05, 0.1) is 7.11 Å². The summed E-state index contributed by atoms with van der Waals surface area (Å²) in [5.41, 5.74) is 0.679. The zero-order valence-electron chi connectivity index (χ0n) is 9.51. The van der Waals surface area contributed by atoms with E-state index in [-0.39, 0.29) is 0 Å². The predicted molar refractivity (Wildman–Crippen MR) is 63.4 cm³/mol. The number of nitrogens with one attached hydrogen (secondary N) is 2. The van der Waals surface area contributed by atoms with E-state index in [1.165, 1.54) is 13.2 Å². The van der Waals surface area contributed by atoms with Gasteiger partial charge in [0.15, 0.2) is 0 Å². The molecule has 1 aliphatic heterocycles. The number of rotatable bonds is 2. The number of hydrogen-bond acceptors (Lipinski definition) is 4. The highest BCUT2D eigenvalue weighted by Gasteiger charge is 2.22. The van der Waals surface area contributed by atoms with Crippen molar-refractivity contribution in [3.05, 3.63) is 23.8 Å². The number of amides is 2. The summed E-state index contributed by atoms with van der Waals surface area (Å²) in [6, 6.07) is 2.43. The molecule has 1 aromatic heterocycles. The molecule has 0 saturated heterocycles. The van der Waals surface area contributed by atoms with Crippen molar-refractivity contribution in [2.75, 3.05) is 12.4 Å². The first-order valence-corrected chi connectivity index (χ1v) is 5.13. The minimum Gasteiger partial charge on any atom is -0.481 e. The van der Waals surface area contributed by atoms with Crippen molar-refractivity contribution in [3.8, 4) is 5.88 Å². The number of nitrogens with zero attached hydrogens (tertiary/aromatic N) is 1. The summed E-state index contributed by atoms with van der Waals surface area (Å²) < 4.78 is 4.95. The molecule has 0 spiro atoms. The molecule has 3 N–H and O–H groups in total. The molecule has 0 radical (unpaired) electrons. The van der Waals surface area contributed by atoms with Crippen LogP contribution in [0.25, 0.3) is 6.08 Å². The van der Waals surface area contributed by atoms with Crippen LogP contribution in [0.4, 0.5) is 10.6 Å². The van der Waals surface area contributed by atoms with Gasteiger partial charge < -0.3 is 20.5 Å². The number of carbonyl (C=O) groups is 2. The van der Waals surface area contributed by atoms with Gasteiger partial charge in [0.1, 0.15) is 11.9 Å². The van der Waals surface area contributed by atoms with E-state index in [0.29, 0.717) is 17.3 Å². The summed E-state index contributed by atoms with van der Waals surface area (Å²) in [6.07, 6.45) is 1.82. The fraction of sp³-hybridized carbons (Fsp3) is 0.182. The normalized spacial score (nSPS) is 17.4. The summed E-state index contributed by atoms with van der Waals surface area (Å²) in [5.74, 6) is 0.213. The topological polar surface area (TPSA) is 101 Å². The number of carboxylic acid groups (broad SMARTS) is 1. The highest BCUT2D eigenvalue weighted by Crippen LogP contribution is 2.21. The number of fused-ring (bicyclic) bond motifs is 1. The van der Waals surface area contributed by atoms with E-state index in [2.05, 4.69) is 15.6 Å². The average molecular weight is 249 g/mol. The van der Waals surface area contributed by atoms with E-state index in [9.17, 15) is 9.59 Å². The molecule has 2 heterocycles. The minimum atomic E-state index is -1.27. The van der Waals surface area contributed by atoms with Gasteiger partial charge in [-0.15, -0.1) is 0 Å². The third-order valence-corrected chi connectivity index (χ3v) is 2.38. The van der Waals surface area contributed by atoms with Crippen LogP contribution in [0.15, 0.2) is 18.2 Å². The summed E-state index contributed by atoms with van der Waals surface area (Å²) in [5, 5.41) is 13.2. The van der Waals surface area contributed by atoms with Crippen molar-refractivity contribution in [1.29, 1.82) is 0 Å². The summed E-state index contributed by atoms with van der Waals surface area (Å²) >= 11 is 0. The Kier molecular flexibility index (Phi) is 3.13. The SMILES string of the molecule is COc1ccc2c(n1)NC(=O)[C@@H](NC(=O)O)C=C2. The van der Waals surface area contributed by atoms with Gasteiger partial charge in [0.2, 0.25) is 5.88 Å². The number of methoxy groups -OCH3 is 1. The molecule has 0 aliphatic carbocycles. The van der Waals surface area contributed by atoms with Gasteiger partial charge >= 0.3 is 6.09 Å². The van der Waals surface area contributed by atoms with Crippen LogP contribution < -0.4 is 15.4 Å². The van der Waals surface area contributed by atoms with Crippen LogP contribution >= 0.6 is 0 Å². The van der Waals surface area contributed by atoms with Gasteiger partial charge in [-0.2, -0.15) is 4.98 Å². The molecule has 7 nitrogen and oxygen atoms in total. The molecule has 18 heavy (non-hydrogen) atoms. The molecule has 94 valence electrons. The summed E-state index contributed by atoms with van der Waals surface area (Å²) in [4.78, 5) is 26.4. The third-order valence-electron chi connectivity index (χ3n) is 2.38.